The highest BCUT2D eigenvalue weighted by molar-refractivity contribution is 5.80. The van der Waals surface area contributed by atoms with Gasteiger partial charge in [0.2, 0.25) is 5.91 Å². The highest BCUT2D eigenvalue weighted by Crippen LogP contribution is 1.87. The van der Waals surface area contributed by atoms with Gasteiger partial charge in [0.25, 0.3) is 0 Å². The maximum atomic E-state index is 11.0. The van der Waals surface area contributed by atoms with Gasteiger partial charge in [-0.05, 0) is 6.92 Å². The Morgan fingerprint density at radius 3 is 3.00 bits per heavy atom. The van der Waals surface area contributed by atoms with Crippen LogP contribution in [-0.2, 0) is 18.4 Å². The second kappa shape index (κ2) is 3.99. The standard InChI is InChI=1S/C7H13N5O/c1-5(8)7(13)9-3-6-10-4-12(2)11-6/h4-5H,3,8H2,1-2H3,(H,9,13). The molecule has 1 heterocycles. The van der Waals surface area contributed by atoms with Crippen LogP contribution in [0.1, 0.15) is 12.7 Å². The predicted octanol–water partition coefficient (Wildman–Crippen LogP) is -1.22. The molecular formula is C7H13N5O. The second-order valence-corrected chi connectivity index (χ2v) is 2.84. The third kappa shape index (κ3) is 2.83. The van der Waals surface area contributed by atoms with Crippen LogP contribution in [0.15, 0.2) is 6.33 Å². The van der Waals surface area contributed by atoms with Crippen molar-refractivity contribution in [2.45, 2.75) is 19.5 Å². The Hall–Kier alpha value is -1.43. The average Bonchev–Trinajstić information content (AvgIpc) is 2.47. The van der Waals surface area contributed by atoms with Crippen LogP contribution in [-0.4, -0.2) is 26.7 Å². The normalized spacial score (nSPS) is 12.5. The highest BCUT2D eigenvalue weighted by Gasteiger charge is 2.07. The third-order valence-corrected chi connectivity index (χ3v) is 1.48. The summed E-state index contributed by atoms with van der Waals surface area (Å²) in [6.45, 7) is 1.95. The van der Waals surface area contributed by atoms with Crippen LogP contribution in [0.5, 0.6) is 0 Å². The maximum Gasteiger partial charge on any atom is 0.237 e. The van der Waals surface area contributed by atoms with E-state index in [1.807, 2.05) is 0 Å². The molecule has 0 bridgehead atoms. The van der Waals surface area contributed by atoms with Gasteiger partial charge in [-0.3, -0.25) is 9.48 Å². The molecule has 0 aromatic carbocycles. The van der Waals surface area contributed by atoms with E-state index in [0.717, 1.165) is 0 Å². The van der Waals surface area contributed by atoms with Crippen LogP contribution in [0.4, 0.5) is 0 Å². The van der Waals surface area contributed by atoms with Crippen molar-refractivity contribution < 1.29 is 4.79 Å². The van der Waals surface area contributed by atoms with Gasteiger partial charge in [0.1, 0.15) is 6.33 Å². The van der Waals surface area contributed by atoms with E-state index in [2.05, 4.69) is 15.4 Å². The van der Waals surface area contributed by atoms with Gasteiger partial charge in [0, 0.05) is 7.05 Å². The number of nitrogens with one attached hydrogen (secondary N) is 1. The van der Waals surface area contributed by atoms with Gasteiger partial charge in [0.15, 0.2) is 5.82 Å². The molecule has 0 aliphatic carbocycles. The predicted molar refractivity (Wildman–Crippen MR) is 46.5 cm³/mol. The van der Waals surface area contributed by atoms with E-state index < -0.39 is 6.04 Å². The summed E-state index contributed by atoms with van der Waals surface area (Å²) in [7, 11) is 1.77. The van der Waals surface area contributed by atoms with Crippen LogP contribution >= 0.6 is 0 Å². The minimum Gasteiger partial charge on any atom is -0.347 e. The fraction of sp³-hybridized carbons (Fsp3) is 0.571. The monoisotopic (exact) mass is 183 g/mol. The molecule has 72 valence electrons. The zero-order valence-corrected chi connectivity index (χ0v) is 7.69. The van der Waals surface area contributed by atoms with Gasteiger partial charge in [-0.15, -0.1) is 0 Å². The van der Waals surface area contributed by atoms with E-state index in [4.69, 9.17) is 5.73 Å². The van der Waals surface area contributed by atoms with Gasteiger partial charge in [-0.1, -0.05) is 0 Å². The quantitative estimate of drug-likeness (QED) is 0.615. The Balaban J connectivity index is 2.39. The highest BCUT2D eigenvalue weighted by atomic mass is 16.2. The molecule has 3 N–H and O–H groups in total. The summed E-state index contributed by atoms with van der Waals surface area (Å²) < 4.78 is 1.58. The largest absolute Gasteiger partial charge is 0.347 e. The third-order valence-electron chi connectivity index (χ3n) is 1.48. The number of aryl methyl sites for hydroxylation is 1. The molecule has 13 heavy (non-hydrogen) atoms. The Morgan fingerprint density at radius 1 is 1.85 bits per heavy atom. The van der Waals surface area contributed by atoms with Crippen molar-refractivity contribution in [2.75, 3.05) is 0 Å². The molecule has 0 radical (unpaired) electrons. The zero-order valence-electron chi connectivity index (χ0n) is 7.69. The van der Waals surface area contributed by atoms with Crippen LogP contribution in [0.3, 0.4) is 0 Å². The molecule has 1 rings (SSSR count). The number of rotatable bonds is 3. The lowest BCUT2D eigenvalue weighted by molar-refractivity contribution is -0.122. The number of hydrogen-bond acceptors (Lipinski definition) is 4. The lowest BCUT2D eigenvalue weighted by Crippen LogP contribution is -2.38. The van der Waals surface area contributed by atoms with Crippen molar-refractivity contribution in [3.8, 4) is 0 Å². The first-order chi connectivity index (χ1) is 6.09. The molecule has 0 saturated heterocycles. The average molecular weight is 183 g/mol. The molecule has 6 heteroatoms. The summed E-state index contributed by atoms with van der Waals surface area (Å²) in [6, 6.07) is -0.497. The summed E-state index contributed by atoms with van der Waals surface area (Å²) in [6.07, 6.45) is 1.58. The Bertz CT molecular complexity index is 293. The number of aromatic nitrogens is 3. The first kappa shape index (κ1) is 9.66. The van der Waals surface area contributed by atoms with E-state index in [1.54, 1.807) is 25.0 Å². The minimum atomic E-state index is -0.497. The lowest BCUT2D eigenvalue weighted by atomic mass is 10.3. The van der Waals surface area contributed by atoms with Crippen molar-refractivity contribution >= 4 is 5.91 Å². The Kier molecular flexibility index (Phi) is 2.97. The van der Waals surface area contributed by atoms with Gasteiger partial charge in [-0.2, -0.15) is 5.10 Å². The SMILES string of the molecule is CC(N)C(=O)NCc1ncn(C)n1. The van der Waals surface area contributed by atoms with E-state index in [9.17, 15) is 4.79 Å². The molecular weight excluding hydrogens is 170 g/mol. The number of carbonyl (C=O) groups is 1. The van der Waals surface area contributed by atoms with Gasteiger partial charge in [-0.25, -0.2) is 4.98 Å². The smallest absolute Gasteiger partial charge is 0.237 e. The molecule has 1 unspecified atom stereocenters. The second-order valence-electron chi connectivity index (χ2n) is 2.84. The summed E-state index contributed by atoms with van der Waals surface area (Å²) in [5.41, 5.74) is 5.35. The number of nitrogens with zero attached hydrogens (tertiary/aromatic N) is 3. The van der Waals surface area contributed by atoms with E-state index in [1.165, 1.54) is 0 Å². The van der Waals surface area contributed by atoms with E-state index >= 15 is 0 Å². The number of amides is 1. The molecule has 1 aromatic rings. The van der Waals surface area contributed by atoms with Crippen LogP contribution in [0.25, 0.3) is 0 Å². The fourth-order valence-corrected chi connectivity index (χ4v) is 0.792. The van der Waals surface area contributed by atoms with Crippen molar-refractivity contribution in [1.82, 2.24) is 20.1 Å². The number of nitrogens with two attached hydrogens (primary N) is 1. The molecule has 1 atom stereocenters. The molecule has 6 nitrogen and oxygen atoms in total. The first-order valence-electron chi connectivity index (χ1n) is 3.97. The lowest BCUT2D eigenvalue weighted by Gasteiger charge is -2.04. The van der Waals surface area contributed by atoms with Crippen LogP contribution < -0.4 is 11.1 Å². The van der Waals surface area contributed by atoms with Crippen LogP contribution in [0.2, 0.25) is 0 Å². The zero-order chi connectivity index (χ0) is 9.84. The molecule has 0 fully saturated rings. The van der Waals surface area contributed by atoms with Gasteiger partial charge < -0.3 is 11.1 Å². The molecule has 0 saturated carbocycles. The number of hydrogen-bond donors (Lipinski definition) is 2. The molecule has 1 aromatic heterocycles. The fourth-order valence-electron chi connectivity index (χ4n) is 0.792. The minimum absolute atomic E-state index is 0.201. The van der Waals surface area contributed by atoms with Gasteiger partial charge in [0.05, 0.1) is 12.6 Å². The van der Waals surface area contributed by atoms with Crippen molar-refractivity contribution in [3.63, 3.8) is 0 Å². The van der Waals surface area contributed by atoms with E-state index in [-0.39, 0.29) is 5.91 Å². The Morgan fingerprint density at radius 2 is 2.54 bits per heavy atom. The molecule has 0 aliphatic heterocycles. The maximum absolute atomic E-state index is 11.0. The molecule has 0 aliphatic rings. The molecule has 1 amide bonds. The van der Waals surface area contributed by atoms with Crippen molar-refractivity contribution in [1.29, 1.82) is 0 Å². The van der Waals surface area contributed by atoms with E-state index in [0.29, 0.717) is 12.4 Å². The summed E-state index contributed by atoms with van der Waals surface area (Å²) >= 11 is 0. The van der Waals surface area contributed by atoms with Crippen molar-refractivity contribution in [2.24, 2.45) is 12.8 Å². The topological polar surface area (TPSA) is 85.8 Å². The Labute approximate surface area is 76.1 Å². The van der Waals surface area contributed by atoms with Crippen LogP contribution in [0, 0.1) is 0 Å². The number of carbonyl (C=O) groups excluding carboxylic acids is 1. The summed E-state index contributed by atoms with van der Waals surface area (Å²) in [5, 5.41) is 6.60. The van der Waals surface area contributed by atoms with Gasteiger partial charge >= 0.3 is 0 Å². The summed E-state index contributed by atoms with van der Waals surface area (Å²) in [5.74, 6) is 0.379. The van der Waals surface area contributed by atoms with Crippen molar-refractivity contribution in [3.05, 3.63) is 12.2 Å². The summed E-state index contributed by atoms with van der Waals surface area (Å²) in [4.78, 5) is 15.0. The molecule has 0 spiro atoms. The first-order valence-corrected chi connectivity index (χ1v) is 3.97.